The summed E-state index contributed by atoms with van der Waals surface area (Å²) in [6.45, 7) is 7.43. The molecule has 1 aliphatic carbocycles. The van der Waals surface area contributed by atoms with Crippen LogP contribution in [0.4, 0.5) is 0 Å². The maximum absolute atomic E-state index is 12.6. The van der Waals surface area contributed by atoms with Gasteiger partial charge in [0.25, 0.3) is 0 Å². The molecule has 170 valence electrons. The van der Waals surface area contributed by atoms with E-state index in [1.807, 2.05) is 12.2 Å². The monoisotopic (exact) mass is 434 g/mol. The smallest absolute Gasteiger partial charge is 0.336 e. The fourth-order valence-electron chi connectivity index (χ4n) is 5.04. The van der Waals surface area contributed by atoms with Crippen LogP contribution in [0.25, 0.3) is 0 Å². The Kier molecular flexibility index (Phi) is 5.96. The van der Waals surface area contributed by atoms with Gasteiger partial charge in [-0.2, -0.15) is 0 Å². The Morgan fingerprint density at radius 3 is 2.61 bits per heavy atom. The summed E-state index contributed by atoms with van der Waals surface area (Å²) in [5.41, 5.74) is 2.02. The van der Waals surface area contributed by atoms with E-state index in [1.54, 1.807) is 6.92 Å². The lowest BCUT2D eigenvalue weighted by Crippen LogP contribution is -2.38. The third-order valence-electron chi connectivity index (χ3n) is 6.42. The van der Waals surface area contributed by atoms with Crippen molar-refractivity contribution in [1.82, 2.24) is 0 Å². The molecule has 0 aromatic carbocycles. The van der Waals surface area contributed by atoms with Crippen LogP contribution in [-0.4, -0.2) is 42.9 Å². The third-order valence-corrected chi connectivity index (χ3v) is 6.42. The van der Waals surface area contributed by atoms with Crippen molar-refractivity contribution in [2.45, 2.75) is 84.8 Å². The molecular formula is C23H30O8. The number of allylic oxidation sites excluding steroid dienone is 3. The van der Waals surface area contributed by atoms with Crippen molar-refractivity contribution in [3.63, 3.8) is 0 Å². The van der Waals surface area contributed by atoms with Crippen molar-refractivity contribution in [2.75, 3.05) is 0 Å². The number of ether oxygens (including phenoxy) is 5. The van der Waals surface area contributed by atoms with E-state index in [0.717, 1.165) is 19.3 Å². The van der Waals surface area contributed by atoms with E-state index in [4.69, 9.17) is 23.7 Å². The lowest BCUT2D eigenvalue weighted by molar-refractivity contribution is -0.244. The average molecular weight is 434 g/mol. The molecule has 4 aliphatic rings. The number of carbonyl (C=O) groups excluding carboxylic acids is 3. The van der Waals surface area contributed by atoms with Crippen molar-refractivity contribution >= 4 is 17.9 Å². The molecule has 8 heteroatoms. The van der Waals surface area contributed by atoms with E-state index in [9.17, 15) is 14.4 Å². The molecule has 6 atom stereocenters. The average Bonchev–Trinajstić information content (AvgIpc) is 3.27. The molecule has 3 aliphatic heterocycles. The molecule has 8 nitrogen and oxygen atoms in total. The summed E-state index contributed by atoms with van der Waals surface area (Å²) in [7, 11) is 0. The molecule has 0 radical (unpaired) electrons. The number of esters is 3. The molecule has 31 heavy (non-hydrogen) atoms. The lowest BCUT2D eigenvalue weighted by atomic mass is 9.75. The fourth-order valence-corrected chi connectivity index (χ4v) is 5.04. The molecule has 4 fully saturated rings. The maximum atomic E-state index is 12.6. The van der Waals surface area contributed by atoms with Crippen LogP contribution in [0.5, 0.6) is 0 Å². The predicted octanol–water partition coefficient (Wildman–Crippen LogP) is 3.15. The van der Waals surface area contributed by atoms with E-state index in [-0.39, 0.29) is 11.8 Å². The first-order valence-electron chi connectivity index (χ1n) is 11.0. The van der Waals surface area contributed by atoms with Gasteiger partial charge in [-0.1, -0.05) is 38.5 Å². The molecule has 0 spiro atoms. The Morgan fingerprint density at radius 2 is 1.94 bits per heavy atom. The van der Waals surface area contributed by atoms with E-state index in [0.29, 0.717) is 5.57 Å². The summed E-state index contributed by atoms with van der Waals surface area (Å²) in [5.74, 6) is -2.43. The normalized spacial score (nSPS) is 38.6. The van der Waals surface area contributed by atoms with E-state index < -0.39 is 54.7 Å². The second-order valence-electron chi connectivity index (χ2n) is 9.44. The molecular weight excluding hydrogens is 404 g/mol. The molecule has 0 bridgehead atoms. The number of rotatable bonds is 4. The first kappa shape index (κ1) is 22.0. The summed E-state index contributed by atoms with van der Waals surface area (Å²) in [5, 5.41) is 0. The van der Waals surface area contributed by atoms with Crippen molar-refractivity contribution in [2.24, 2.45) is 17.3 Å². The minimum absolute atomic E-state index is 0.162. The van der Waals surface area contributed by atoms with Crippen LogP contribution in [0.15, 0.2) is 23.3 Å². The quantitative estimate of drug-likeness (QED) is 0.378. The van der Waals surface area contributed by atoms with Crippen LogP contribution >= 0.6 is 0 Å². The first-order chi connectivity index (χ1) is 14.7. The first-order valence-corrected chi connectivity index (χ1v) is 11.0. The summed E-state index contributed by atoms with van der Waals surface area (Å²) in [4.78, 5) is 36.1. The van der Waals surface area contributed by atoms with Gasteiger partial charge in [0.15, 0.2) is 12.4 Å². The van der Waals surface area contributed by atoms with Crippen molar-refractivity contribution in [3.8, 4) is 0 Å². The Bertz CT molecular complexity index is 825. The molecule has 4 rings (SSSR count). The Labute approximate surface area is 181 Å². The van der Waals surface area contributed by atoms with Crippen LogP contribution in [0, 0.1) is 17.3 Å². The molecule has 0 aromatic rings. The van der Waals surface area contributed by atoms with Crippen molar-refractivity contribution in [3.05, 3.63) is 23.3 Å². The van der Waals surface area contributed by atoms with Gasteiger partial charge in [0, 0.05) is 18.9 Å². The molecule has 0 N–H and O–H groups in total. The van der Waals surface area contributed by atoms with E-state index in [2.05, 4.69) is 13.8 Å². The summed E-state index contributed by atoms with van der Waals surface area (Å²) in [6.07, 6.45) is 4.72. The largest absolute Gasteiger partial charge is 0.455 e. The van der Waals surface area contributed by atoms with Crippen LogP contribution in [0.1, 0.15) is 59.8 Å². The third kappa shape index (κ3) is 4.41. The van der Waals surface area contributed by atoms with Gasteiger partial charge < -0.3 is 23.7 Å². The van der Waals surface area contributed by atoms with Gasteiger partial charge in [0.05, 0.1) is 11.8 Å². The highest BCUT2D eigenvalue weighted by atomic mass is 16.8. The fraction of sp³-hybridized carbons (Fsp3) is 0.696. The van der Waals surface area contributed by atoms with Gasteiger partial charge in [-0.25, -0.2) is 4.79 Å². The zero-order valence-electron chi connectivity index (χ0n) is 18.4. The molecule has 3 saturated heterocycles. The van der Waals surface area contributed by atoms with Crippen molar-refractivity contribution < 1.29 is 38.1 Å². The standard InChI is InChI=1S/C23H30O8/c1-5-15(25)28-18-17-16-14(9-8-13-7-6-10-23(3,4)11-13)19(26)29-20(16)30-21(17)31-22(18)27-12(2)24/h8-9,16-18,20-22H,5-7,10-11H2,1-4H3. The van der Waals surface area contributed by atoms with Crippen molar-refractivity contribution in [1.29, 1.82) is 0 Å². The Hall–Kier alpha value is -2.19. The summed E-state index contributed by atoms with van der Waals surface area (Å²) in [6, 6.07) is 0. The van der Waals surface area contributed by atoms with Crippen LogP contribution in [0.2, 0.25) is 0 Å². The topological polar surface area (TPSA) is 97.4 Å². The van der Waals surface area contributed by atoms with Gasteiger partial charge in [0.2, 0.25) is 12.6 Å². The van der Waals surface area contributed by atoms with Gasteiger partial charge >= 0.3 is 17.9 Å². The predicted molar refractivity (Wildman–Crippen MR) is 107 cm³/mol. The number of fused-ring (bicyclic) bond motifs is 3. The van der Waals surface area contributed by atoms with Crippen LogP contribution in [-0.2, 0) is 38.1 Å². The van der Waals surface area contributed by atoms with Crippen LogP contribution < -0.4 is 0 Å². The molecule has 0 aromatic heterocycles. The SMILES string of the molecule is CCC(=O)OC1C(OC(C)=O)OC2OC3OC(=O)C(=CC=C4CCCC(C)(C)C4)C3C21. The van der Waals surface area contributed by atoms with Gasteiger partial charge in [-0.3, -0.25) is 9.59 Å². The lowest BCUT2D eigenvalue weighted by Gasteiger charge is -2.31. The highest BCUT2D eigenvalue weighted by Crippen LogP contribution is 2.51. The minimum Gasteiger partial charge on any atom is -0.455 e. The molecule has 0 amide bonds. The van der Waals surface area contributed by atoms with E-state index in [1.165, 1.54) is 18.9 Å². The zero-order chi connectivity index (χ0) is 22.3. The minimum atomic E-state index is -1.08. The number of hydrogen-bond acceptors (Lipinski definition) is 8. The number of carbonyl (C=O) groups is 3. The second kappa shape index (κ2) is 8.39. The zero-order valence-corrected chi connectivity index (χ0v) is 18.4. The van der Waals surface area contributed by atoms with Gasteiger partial charge in [0.1, 0.15) is 0 Å². The second-order valence-corrected chi connectivity index (χ2v) is 9.44. The molecule has 1 saturated carbocycles. The highest BCUT2D eigenvalue weighted by Gasteiger charge is 2.64. The molecule has 6 unspecified atom stereocenters. The summed E-state index contributed by atoms with van der Waals surface area (Å²) >= 11 is 0. The summed E-state index contributed by atoms with van der Waals surface area (Å²) < 4.78 is 27.7. The highest BCUT2D eigenvalue weighted by molar-refractivity contribution is 5.92. The van der Waals surface area contributed by atoms with Gasteiger partial charge in [-0.15, -0.1) is 0 Å². The molecule has 3 heterocycles. The van der Waals surface area contributed by atoms with Gasteiger partial charge in [-0.05, 0) is 31.1 Å². The number of hydrogen-bond donors (Lipinski definition) is 0. The Balaban J connectivity index is 1.61. The van der Waals surface area contributed by atoms with Crippen LogP contribution in [0.3, 0.4) is 0 Å². The maximum Gasteiger partial charge on any atom is 0.336 e. The van der Waals surface area contributed by atoms with E-state index >= 15 is 0 Å². The Morgan fingerprint density at radius 1 is 1.16 bits per heavy atom.